The summed E-state index contributed by atoms with van der Waals surface area (Å²) in [5.74, 6) is 2.51. The van der Waals surface area contributed by atoms with Crippen molar-refractivity contribution in [2.45, 2.75) is 31.8 Å². The zero-order valence-electron chi connectivity index (χ0n) is 17.0. The zero-order chi connectivity index (χ0) is 20.3. The third kappa shape index (κ3) is 3.85. The molecule has 0 N–H and O–H groups in total. The van der Waals surface area contributed by atoms with E-state index in [-0.39, 0.29) is 5.91 Å². The highest BCUT2D eigenvalue weighted by molar-refractivity contribution is 5.93. The Morgan fingerprint density at radius 1 is 1.00 bits per heavy atom. The van der Waals surface area contributed by atoms with Crippen molar-refractivity contribution < 1.29 is 4.79 Å². The van der Waals surface area contributed by atoms with Gasteiger partial charge < -0.3 is 9.47 Å². The summed E-state index contributed by atoms with van der Waals surface area (Å²) in [6, 6.07) is 14.3. The topological polar surface area (TPSA) is 67.2 Å². The van der Waals surface area contributed by atoms with Crippen LogP contribution in [0, 0.1) is 0 Å². The molecule has 154 valence electrons. The second-order valence-corrected chi connectivity index (χ2v) is 8.12. The molecule has 1 aromatic carbocycles. The first-order chi connectivity index (χ1) is 14.8. The van der Waals surface area contributed by atoms with Gasteiger partial charge in [-0.25, -0.2) is 0 Å². The molecule has 0 saturated carbocycles. The lowest BCUT2D eigenvalue weighted by Crippen LogP contribution is -2.33. The number of amides is 1. The fraction of sp³-hybridized carbons (Fsp3) is 0.391. The van der Waals surface area contributed by atoms with Gasteiger partial charge in [-0.15, -0.1) is 10.2 Å². The number of benzene rings is 1. The molecule has 2 aliphatic rings. The molecule has 30 heavy (non-hydrogen) atoms. The predicted octanol–water partition coefficient (Wildman–Crippen LogP) is 2.36. The monoisotopic (exact) mass is 402 g/mol. The van der Waals surface area contributed by atoms with Crippen LogP contribution in [0.2, 0.25) is 0 Å². The fourth-order valence-electron chi connectivity index (χ4n) is 4.55. The van der Waals surface area contributed by atoms with Crippen molar-refractivity contribution in [3.8, 4) is 0 Å². The van der Waals surface area contributed by atoms with Crippen LogP contribution in [-0.2, 0) is 19.5 Å². The molecule has 1 atom stereocenters. The molecule has 0 radical (unpaired) electrons. The number of hydrogen-bond acceptors (Lipinski definition) is 5. The molecule has 1 fully saturated rings. The van der Waals surface area contributed by atoms with E-state index in [1.54, 1.807) is 18.5 Å². The van der Waals surface area contributed by atoms with Gasteiger partial charge in [-0.1, -0.05) is 30.3 Å². The van der Waals surface area contributed by atoms with Crippen LogP contribution in [0.3, 0.4) is 0 Å². The smallest absolute Gasteiger partial charge is 0.255 e. The Balaban J connectivity index is 1.25. The highest BCUT2D eigenvalue weighted by Gasteiger charge is 2.30. The van der Waals surface area contributed by atoms with Crippen molar-refractivity contribution in [3.05, 3.63) is 77.6 Å². The van der Waals surface area contributed by atoms with Crippen LogP contribution in [-0.4, -0.2) is 61.6 Å². The second-order valence-electron chi connectivity index (χ2n) is 8.12. The quantitative estimate of drug-likeness (QED) is 0.670. The first kappa shape index (κ1) is 18.9. The van der Waals surface area contributed by atoms with Gasteiger partial charge in [0.25, 0.3) is 5.91 Å². The molecule has 2 aliphatic heterocycles. The van der Waals surface area contributed by atoms with Crippen molar-refractivity contribution in [1.29, 1.82) is 0 Å². The number of likely N-dealkylation sites (tertiary alicyclic amines) is 1. The van der Waals surface area contributed by atoms with Crippen molar-refractivity contribution in [3.63, 3.8) is 0 Å². The Bertz CT molecular complexity index is 1000. The van der Waals surface area contributed by atoms with Crippen molar-refractivity contribution in [2.75, 3.05) is 26.2 Å². The van der Waals surface area contributed by atoms with Gasteiger partial charge >= 0.3 is 0 Å². The van der Waals surface area contributed by atoms with Crippen molar-refractivity contribution in [1.82, 2.24) is 29.5 Å². The van der Waals surface area contributed by atoms with Gasteiger partial charge in [0.2, 0.25) is 0 Å². The maximum atomic E-state index is 12.8. The summed E-state index contributed by atoms with van der Waals surface area (Å²) in [6.45, 7) is 5.15. The molecule has 7 heteroatoms. The molecule has 0 aliphatic carbocycles. The third-order valence-corrected chi connectivity index (χ3v) is 6.14. The van der Waals surface area contributed by atoms with E-state index in [1.165, 1.54) is 5.56 Å². The van der Waals surface area contributed by atoms with Crippen LogP contribution >= 0.6 is 0 Å². The lowest BCUT2D eigenvalue weighted by Gasteiger charge is -2.20. The number of aromatic nitrogens is 4. The lowest BCUT2D eigenvalue weighted by atomic mass is 10.1. The highest BCUT2D eigenvalue weighted by atomic mass is 16.2. The lowest BCUT2D eigenvalue weighted by molar-refractivity contribution is 0.0758. The Hall–Kier alpha value is -3.06. The number of hydrogen-bond donors (Lipinski definition) is 0. The Kier molecular flexibility index (Phi) is 5.27. The van der Waals surface area contributed by atoms with Crippen molar-refractivity contribution >= 4 is 5.91 Å². The van der Waals surface area contributed by atoms with Gasteiger partial charge in [0.15, 0.2) is 0 Å². The SMILES string of the molecule is O=C(c1cccnc1)N1CCc2nnc(C3CCN(Cc4ccccc4)C3)n2CC1. The predicted molar refractivity (Wildman–Crippen MR) is 113 cm³/mol. The summed E-state index contributed by atoms with van der Waals surface area (Å²) in [5, 5.41) is 9.04. The summed E-state index contributed by atoms with van der Waals surface area (Å²) in [4.78, 5) is 21.3. The third-order valence-electron chi connectivity index (χ3n) is 6.14. The molecule has 2 aromatic heterocycles. The number of pyridine rings is 1. The molecule has 3 aromatic rings. The Morgan fingerprint density at radius 3 is 2.73 bits per heavy atom. The Morgan fingerprint density at radius 2 is 1.90 bits per heavy atom. The van der Waals surface area contributed by atoms with Crippen LogP contribution in [0.15, 0.2) is 54.9 Å². The van der Waals surface area contributed by atoms with E-state index in [1.807, 2.05) is 11.0 Å². The number of carbonyl (C=O) groups excluding carboxylic acids is 1. The van der Waals surface area contributed by atoms with Crippen LogP contribution < -0.4 is 0 Å². The second kappa shape index (κ2) is 8.36. The summed E-state index contributed by atoms with van der Waals surface area (Å²) in [6.07, 6.45) is 5.16. The van der Waals surface area contributed by atoms with E-state index in [2.05, 4.69) is 55.0 Å². The average molecular weight is 403 g/mol. The van der Waals surface area contributed by atoms with E-state index in [0.29, 0.717) is 24.6 Å². The minimum Gasteiger partial charge on any atom is -0.336 e. The average Bonchev–Trinajstić information content (AvgIpc) is 3.36. The maximum Gasteiger partial charge on any atom is 0.255 e. The largest absolute Gasteiger partial charge is 0.336 e. The zero-order valence-corrected chi connectivity index (χ0v) is 17.0. The van der Waals surface area contributed by atoms with E-state index >= 15 is 0 Å². The molecule has 5 rings (SSSR count). The molecule has 7 nitrogen and oxygen atoms in total. The molecule has 1 saturated heterocycles. The van der Waals surface area contributed by atoms with Gasteiger partial charge in [-0.2, -0.15) is 0 Å². The molecule has 0 bridgehead atoms. The molecular weight excluding hydrogens is 376 g/mol. The molecular formula is C23H26N6O. The van der Waals surface area contributed by atoms with Gasteiger partial charge in [0.05, 0.1) is 5.56 Å². The highest BCUT2D eigenvalue weighted by Crippen LogP contribution is 2.28. The summed E-state index contributed by atoms with van der Waals surface area (Å²) in [7, 11) is 0. The number of fused-ring (bicyclic) bond motifs is 1. The number of nitrogens with zero attached hydrogens (tertiary/aromatic N) is 6. The van der Waals surface area contributed by atoms with Gasteiger partial charge in [0, 0.05) is 57.5 Å². The van der Waals surface area contributed by atoms with E-state index in [0.717, 1.165) is 50.7 Å². The maximum absolute atomic E-state index is 12.8. The van der Waals surface area contributed by atoms with E-state index in [4.69, 9.17) is 0 Å². The van der Waals surface area contributed by atoms with E-state index < -0.39 is 0 Å². The summed E-state index contributed by atoms with van der Waals surface area (Å²) >= 11 is 0. The van der Waals surface area contributed by atoms with Crippen LogP contribution in [0.1, 0.15) is 39.9 Å². The number of carbonyl (C=O) groups is 1. The molecule has 0 spiro atoms. The van der Waals surface area contributed by atoms with Gasteiger partial charge in [0.1, 0.15) is 11.6 Å². The fourth-order valence-corrected chi connectivity index (χ4v) is 4.55. The van der Waals surface area contributed by atoms with Gasteiger partial charge in [-0.05, 0) is 30.7 Å². The molecule has 4 heterocycles. The van der Waals surface area contributed by atoms with Crippen LogP contribution in [0.5, 0.6) is 0 Å². The van der Waals surface area contributed by atoms with Crippen molar-refractivity contribution in [2.24, 2.45) is 0 Å². The minimum atomic E-state index is 0.0401. The first-order valence-corrected chi connectivity index (χ1v) is 10.7. The summed E-state index contributed by atoms with van der Waals surface area (Å²) < 4.78 is 2.26. The standard InChI is InChI=1S/C23H26N6O/c30-23(19-7-4-10-24-15-19)28-12-9-21-25-26-22(29(21)14-13-28)20-8-11-27(17-20)16-18-5-2-1-3-6-18/h1-7,10,15,20H,8-9,11-14,16-17H2. The van der Waals surface area contributed by atoms with Crippen LogP contribution in [0.4, 0.5) is 0 Å². The van der Waals surface area contributed by atoms with Gasteiger partial charge in [-0.3, -0.25) is 14.7 Å². The number of rotatable bonds is 4. The Labute approximate surface area is 176 Å². The summed E-state index contributed by atoms with van der Waals surface area (Å²) in [5.41, 5.74) is 1.99. The van der Waals surface area contributed by atoms with Crippen LogP contribution in [0.25, 0.3) is 0 Å². The first-order valence-electron chi connectivity index (χ1n) is 10.7. The minimum absolute atomic E-state index is 0.0401. The molecule has 1 amide bonds. The van der Waals surface area contributed by atoms with E-state index in [9.17, 15) is 4.79 Å². The molecule has 1 unspecified atom stereocenters. The normalized spacial score (nSPS) is 19.5.